The minimum atomic E-state index is -4.43. The van der Waals surface area contributed by atoms with E-state index in [0.717, 1.165) is 32.1 Å². The predicted octanol–water partition coefficient (Wildman–Crippen LogP) is 3.67. The van der Waals surface area contributed by atoms with Crippen molar-refractivity contribution in [3.05, 3.63) is 36.2 Å². The van der Waals surface area contributed by atoms with Crippen molar-refractivity contribution in [3.63, 3.8) is 0 Å². The van der Waals surface area contributed by atoms with Crippen LogP contribution in [0.4, 0.5) is 41.0 Å². The normalized spacial score (nSPS) is 20.1. The first-order chi connectivity index (χ1) is 16.7. The van der Waals surface area contributed by atoms with Gasteiger partial charge in [0.25, 0.3) is 0 Å². The summed E-state index contributed by atoms with van der Waals surface area (Å²) in [7, 11) is 0. The van der Waals surface area contributed by atoms with E-state index >= 15 is 0 Å². The van der Waals surface area contributed by atoms with Gasteiger partial charge in [-0.25, -0.2) is 14.8 Å². The predicted molar refractivity (Wildman–Crippen MR) is 123 cm³/mol. The number of nitrogens with zero attached hydrogens (tertiary/aromatic N) is 5. The fourth-order valence-corrected chi connectivity index (χ4v) is 4.62. The van der Waals surface area contributed by atoms with Crippen LogP contribution in [0.3, 0.4) is 0 Å². The second-order valence-electron chi connectivity index (χ2n) is 8.97. The maximum atomic E-state index is 13.0. The van der Waals surface area contributed by atoms with E-state index in [1.807, 2.05) is 4.90 Å². The lowest BCUT2D eigenvalue weighted by Gasteiger charge is -2.37. The molecule has 9 nitrogen and oxygen atoms in total. The minimum Gasteiger partial charge on any atom is -0.447 e. The molecule has 186 valence electrons. The highest BCUT2D eigenvalue weighted by atomic mass is 19.4. The Morgan fingerprint density at radius 1 is 1.29 bits per heavy atom. The highest BCUT2D eigenvalue weighted by molar-refractivity contribution is 5.95. The van der Waals surface area contributed by atoms with Crippen LogP contribution in [0.15, 0.2) is 30.5 Å². The maximum Gasteiger partial charge on any atom is 0.414 e. The van der Waals surface area contributed by atoms with Crippen LogP contribution in [-0.2, 0) is 4.74 Å². The van der Waals surface area contributed by atoms with Crippen molar-refractivity contribution in [1.82, 2.24) is 9.97 Å². The van der Waals surface area contributed by atoms with Crippen molar-refractivity contribution < 1.29 is 27.5 Å². The molecule has 0 aliphatic carbocycles. The second kappa shape index (κ2) is 8.90. The molecule has 0 saturated carbocycles. The van der Waals surface area contributed by atoms with E-state index in [2.05, 4.69) is 20.2 Å². The van der Waals surface area contributed by atoms with Gasteiger partial charge in [-0.15, -0.1) is 0 Å². The summed E-state index contributed by atoms with van der Waals surface area (Å²) < 4.78 is 43.8. The van der Waals surface area contributed by atoms with E-state index in [0.29, 0.717) is 37.1 Å². The van der Waals surface area contributed by atoms with Crippen LogP contribution in [0.1, 0.15) is 30.3 Å². The fraction of sp³-hybridized carbons (Fsp3) is 0.478. The summed E-state index contributed by atoms with van der Waals surface area (Å²) in [5, 5.41) is 3.26. The Labute approximate surface area is 199 Å². The van der Waals surface area contributed by atoms with Gasteiger partial charge in [0.15, 0.2) is 11.6 Å². The third-order valence-electron chi connectivity index (χ3n) is 6.65. The second-order valence-corrected chi connectivity index (χ2v) is 8.97. The minimum absolute atomic E-state index is 0.0278. The van der Waals surface area contributed by atoms with E-state index in [1.54, 1.807) is 24.4 Å². The Bertz CT molecular complexity index is 1140. The molecule has 0 spiro atoms. The number of Topliss-reactive ketones (excluding diaryl/α,β-unsaturated/α-hetero) is 1. The van der Waals surface area contributed by atoms with E-state index in [-0.39, 0.29) is 11.7 Å². The first-order valence-corrected chi connectivity index (χ1v) is 11.5. The molecule has 3 aliphatic heterocycles. The highest BCUT2D eigenvalue weighted by Gasteiger charge is 2.39. The number of cyclic esters (lactones) is 1. The van der Waals surface area contributed by atoms with Gasteiger partial charge in [-0.1, -0.05) is 6.92 Å². The van der Waals surface area contributed by atoms with Gasteiger partial charge >= 0.3 is 12.3 Å². The Hall–Kier alpha value is -3.57. The average Bonchev–Trinajstić information content (AvgIpc) is 3.45. The maximum absolute atomic E-state index is 13.0. The Balaban J connectivity index is 1.35. The standard InChI is InChI=1S/C23H25F3N6O3/c1-14(23(24,25)26)10-19(33)17-2-3-18-21(29-17)32(16-5-7-30(18)12-16)13-28-20-11-15(4-6-27-20)31-8-9-35-22(31)34/h2-4,6,11,14,16H,5,7-10,12-13H2,1H3,(H,27,28)/t14-,16-/m0/s1. The first kappa shape index (κ1) is 23.2. The smallest absolute Gasteiger partial charge is 0.414 e. The summed E-state index contributed by atoms with van der Waals surface area (Å²) in [4.78, 5) is 39.0. The number of carbonyl (C=O) groups is 2. The number of hydrogen-bond acceptors (Lipinski definition) is 8. The molecule has 5 rings (SSSR count). The number of rotatable bonds is 7. The molecular weight excluding hydrogens is 465 g/mol. The van der Waals surface area contributed by atoms with Crippen LogP contribution in [0.25, 0.3) is 0 Å². The lowest BCUT2D eigenvalue weighted by molar-refractivity contribution is -0.168. The van der Waals surface area contributed by atoms with E-state index < -0.39 is 30.4 Å². The number of pyridine rings is 2. The molecule has 12 heteroatoms. The number of anilines is 4. The van der Waals surface area contributed by atoms with Crippen molar-refractivity contribution in [3.8, 4) is 0 Å². The zero-order chi connectivity index (χ0) is 24.7. The number of fused-ring (bicyclic) bond motifs is 4. The number of hydrogen-bond donors (Lipinski definition) is 1. The SMILES string of the molecule is C[C@@H](CC(=O)c1ccc2c(n1)N(CNc1cc(N3CCOC3=O)ccn1)[C@H]1CCN2C1)C(F)(F)F. The molecule has 0 radical (unpaired) electrons. The van der Waals surface area contributed by atoms with Crippen LogP contribution in [0.2, 0.25) is 0 Å². The van der Waals surface area contributed by atoms with Crippen LogP contribution >= 0.6 is 0 Å². The lowest BCUT2D eigenvalue weighted by Crippen LogP contribution is -2.45. The molecule has 35 heavy (non-hydrogen) atoms. The molecule has 5 heterocycles. The van der Waals surface area contributed by atoms with Crippen molar-refractivity contribution in [2.45, 2.75) is 32.0 Å². The van der Waals surface area contributed by atoms with Gasteiger partial charge in [-0.2, -0.15) is 13.2 Å². The monoisotopic (exact) mass is 490 g/mol. The lowest BCUT2D eigenvalue weighted by atomic mass is 10.0. The molecule has 2 bridgehead atoms. The molecule has 2 saturated heterocycles. The van der Waals surface area contributed by atoms with Gasteiger partial charge in [-0.05, 0) is 24.6 Å². The number of aromatic nitrogens is 2. The molecule has 1 amide bonds. The highest BCUT2D eigenvalue weighted by Crippen LogP contribution is 2.39. The van der Waals surface area contributed by atoms with E-state index in [1.165, 1.54) is 11.0 Å². The van der Waals surface area contributed by atoms with Crippen LogP contribution < -0.4 is 20.0 Å². The number of amides is 1. The number of halogens is 3. The van der Waals surface area contributed by atoms with Crippen molar-refractivity contribution in [2.24, 2.45) is 5.92 Å². The average molecular weight is 490 g/mol. The van der Waals surface area contributed by atoms with Crippen molar-refractivity contribution >= 4 is 34.9 Å². The molecule has 0 aromatic carbocycles. The van der Waals surface area contributed by atoms with Crippen LogP contribution in [-0.4, -0.2) is 67.0 Å². The zero-order valence-electron chi connectivity index (χ0n) is 19.1. The molecule has 0 unspecified atom stereocenters. The van der Waals surface area contributed by atoms with Gasteiger partial charge in [0.2, 0.25) is 0 Å². The third kappa shape index (κ3) is 4.56. The largest absolute Gasteiger partial charge is 0.447 e. The van der Waals surface area contributed by atoms with Crippen LogP contribution in [0.5, 0.6) is 0 Å². The number of ketones is 1. The van der Waals surface area contributed by atoms with Crippen molar-refractivity contribution in [1.29, 1.82) is 0 Å². The summed E-state index contributed by atoms with van der Waals surface area (Å²) in [5.74, 6) is -1.26. The Morgan fingerprint density at radius 2 is 2.11 bits per heavy atom. The quantitative estimate of drug-likeness (QED) is 0.588. The summed E-state index contributed by atoms with van der Waals surface area (Å²) in [6.07, 6.45) is -2.99. The number of carbonyl (C=O) groups excluding carboxylic acids is 2. The number of alkyl halides is 3. The molecule has 2 aromatic rings. The molecule has 2 aromatic heterocycles. The summed E-state index contributed by atoms with van der Waals surface area (Å²) >= 11 is 0. The topological polar surface area (TPSA) is 90.9 Å². The summed E-state index contributed by atoms with van der Waals surface area (Å²) in [6.45, 7) is 3.76. The molecule has 1 N–H and O–H groups in total. The van der Waals surface area contributed by atoms with E-state index in [4.69, 9.17) is 4.74 Å². The van der Waals surface area contributed by atoms with E-state index in [9.17, 15) is 22.8 Å². The Morgan fingerprint density at radius 3 is 2.86 bits per heavy atom. The fourth-order valence-electron chi connectivity index (χ4n) is 4.62. The van der Waals surface area contributed by atoms with Gasteiger partial charge in [-0.3, -0.25) is 9.69 Å². The van der Waals surface area contributed by atoms with Crippen molar-refractivity contribution in [2.75, 3.05) is 52.9 Å². The van der Waals surface area contributed by atoms with Crippen LogP contribution in [0, 0.1) is 5.92 Å². The molecule has 2 atom stereocenters. The van der Waals surface area contributed by atoms with Gasteiger partial charge in [0.05, 0.1) is 36.5 Å². The third-order valence-corrected chi connectivity index (χ3v) is 6.65. The van der Waals surface area contributed by atoms with Gasteiger partial charge in [0.1, 0.15) is 18.1 Å². The summed E-state index contributed by atoms with van der Waals surface area (Å²) in [6, 6.07) is 6.89. The number of ether oxygens (including phenoxy) is 1. The first-order valence-electron chi connectivity index (χ1n) is 11.5. The molecule has 2 fully saturated rings. The molecule has 3 aliphatic rings. The summed E-state index contributed by atoms with van der Waals surface area (Å²) in [5.41, 5.74) is 1.54. The van der Waals surface area contributed by atoms with Gasteiger partial charge in [0, 0.05) is 31.8 Å². The zero-order valence-corrected chi connectivity index (χ0v) is 19.1. The Kier molecular flexibility index (Phi) is 5.89. The molecular formula is C23H25F3N6O3. The van der Waals surface area contributed by atoms with Gasteiger partial charge < -0.3 is 19.9 Å². The number of nitrogens with one attached hydrogen (secondary N) is 1.